The number of hydrogen-bond donors (Lipinski definition) is 0. The molecule has 7 heteroatoms. The van der Waals surface area contributed by atoms with E-state index in [2.05, 4.69) is 4.98 Å². The van der Waals surface area contributed by atoms with Gasteiger partial charge in [-0.15, -0.1) is 0 Å². The average Bonchev–Trinajstić information content (AvgIpc) is 3.20. The van der Waals surface area contributed by atoms with Gasteiger partial charge in [0.25, 0.3) is 11.8 Å². The van der Waals surface area contributed by atoms with E-state index in [0.29, 0.717) is 16.8 Å². The minimum Gasteiger partial charge on any atom is -0.458 e. The molecule has 136 valence electrons. The molecule has 1 aromatic carbocycles. The number of rotatable bonds is 4. The number of nitrogens with zero attached hydrogens (tertiary/aromatic N) is 3. The molecule has 0 saturated carbocycles. The third-order valence-corrected chi connectivity index (χ3v) is 4.64. The molecule has 1 aliphatic heterocycles. The van der Waals surface area contributed by atoms with Crippen molar-refractivity contribution in [2.45, 2.75) is 26.5 Å². The van der Waals surface area contributed by atoms with Gasteiger partial charge in [-0.3, -0.25) is 14.5 Å². The molecule has 2 amide bonds. The molecule has 1 atom stereocenters. The highest BCUT2D eigenvalue weighted by molar-refractivity contribution is 6.22. The number of ether oxygens (including phenoxy) is 1. The zero-order chi connectivity index (χ0) is 19.1. The summed E-state index contributed by atoms with van der Waals surface area (Å²) in [6, 6.07) is 9.35. The van der Waals surface area contributed by atoms with Crippen molar-refractivity contribution in [2.24, 2.45) is 0 Å². The second kappa shape index (κ2) is 6.35. The third kappa shape index (κ3) is 2.77. The molecular weight excluding hydrogens is 346 g/mol. The van der Waals surface area contributed by atoms with Crippen LogP contribution in [0, 0.1) is 6.92 Å². The summed E-state index contributed by atoms with van der Waals surface area (Å²) in [5, 5.41) is 0. The lowest BCUT2D eigenvalue weighted by atomic mass is 10.1. The number of amides is 2. The van der Waals surface area contributed by atoms with Crippen molar-refractivity contribution >= 4 is 23.4 Å². The summed E-state index contributed by atoms with van der Waals surface area (Å²) in [7, 11) is 0. The lowest BCUT2D eigenvalue weighted by Gasteiger charge is -2.20. The number of aromatic nitrogens is 2. The van der Waals surface area contributed by atoms with Crippen molar-refractivity contribution < 1.29 is 19.1 Å². The van der Waals surface area contributed by atoms with Gasteiger partial charge in [-0.05, 0) is 37.6 Å². The number of carbonyl (C=O) groups is 3. The fourth-order valence-corrected chi connectivity index (χ4v) is 3.20. The summed E-state index contributed by atoms with van der Waals surface area (Å²) in [6.07, 6.45) is 3.64. The predicted octanol–water partition coefficient (Wildman–Crippen LogP) is 2.37. The number of aryl methyl sites for hydroxylation is 1. The van der Waals surface area contributed by atoms with Gasteiger partial charge in [0.2, 0.25) is 0 Å². The van der Waals surface area contributed by atoms with Crippen LogP contribution in [0.2, 0.25) is 0 Å². The molecule has 1 aliphatic rings. The first-order valence-corrected chi connectivity index (χ1v) is 8.54. The molecular formula is C20H17N3O4. The Morgan fingerprint density at radius 1 is 1.11 bits per heavy atom. The molecule has 27 heavy (non-hydrogen) atoms. The second-order valence-electron chi connectivity index (χ2n) is 6.46. The Hall–Kier alpha value is -3.48. The maximum atomic E-state index is 12.5. The van der Waals surface area contributed by atoms with Gasteiger partial charge in [0.1, 0.15) is 18.3 Å². The Morgan fingerprint density at radius 3 is 2.41 bits per heavy atom. The molecule has 3 heterocycles. The Kier molecular flexibility index (Phi) is 3.99. The van der Waals surface area contributed by atoms with Crippen LogP contribution in [0.4, 0.5) is 0 Å². The lowest BCUT2D eigenvalue weighted by Crippen LogP contribution is -2.43. The van der Waals surface area contributed by atoms with Crippen molar-refractivity contribution in [2.75, 3.05) is 0 Å². The summed E-state index contributed by atoms with van der Waals surface area (Å²) >= 11 is 0. The molecule has 0 radical (unpaired) electrons. The number of imidazole rings is 1. The molecule has 0 fully saturated rings. The number of imide groups is 1. The highest BCUT2D eigenvalue weighted by Gasteiger charge is 2.41. The molecule has 0 aliphatic carbocycles. The Bertz CT molecular complexity index is 1050. The molecule has 4 rings (SSSR count). The van der Waals surface area contributed by atoms with E-state index in [4.69, 9.17) is 4.74 Å². The van der Waals surface area contributed by atoms with Crippen LogP contribution < -0.4 is 0 Å². The Morgan fingerprint density at radius 2 is 1.78 bits per heavy atom. The van der Waals surface area contributed by atoms with E-state index >= 15 is 0 Å². The van der Waals surface area contributed by atoms with Gasteiger partial charge in [-0.1, -0.05) is 18.2 Å². The van der Waals surface area contributed by atoms with Gasteiger partial charge in [0.05, 0.1) is 16.8 Å². The quantitative estimate of drug-likeness (QED) is 0.525. The van der Waals surface area contributed by atoms with Gasteiger partial charge in [0, 0.05) is 12.4 Å². The highest BCUT2D eigenvalue weighted by Crippen LogP contribution is 2.25. The van der Waals surface area contributed by atoms with Crippen molar-refractivity contribution in [3.63, 3.8) is 0 Å². The van der Waals surface area contributed by atoms with Crippen LogP contribution in [0.25, 0.3) is 5.65 Å². The first-order chi connectivity index (χ1) is 13.0. The van der Waals surface area contributed by atoms with Crippen LogP contribution in [0.15, 0.2) is 48.8 Å². The van der Waals surface area contributed by atoms with Gasteiger partial charge < -0.3 is 9.14 Å². The summed E-state index contributed by atoms with van der Waals surface area (Å²) in [5.74, 6) is -1.62. The van der Waals surface area contributed by atoms with Crippen LogP contribution in [0.5, 0.6) is 0 Å². The summed E-state index contributed by atoms with van der Waals surface area (Å²) < 4.78 is 7.16. The maximum absolute atomic E-state index is 12.5. The van der Waals surface area contributed by atoms with E-state index < -0.39 is 23.8 Å². The smallest absolute Gasteiger partial charge is 0.329 e. The number of hydrogen-bond acceptors (Lipinski definition) is 5. The van der Waals surface area contributed by atoms with Crippen molar-refractivity contribution in [1.82, 2.24) is 14.3 Å². The van der Waals surface area contributed by atoms with Crippen LogP contribution in [-0.4, -0.2) is 38.1 Å². The number of carbonyl (C=O) groups excluding carboxylic acids is 3. The molecule has 0 spiro atoms. The predicted molar refractivity (Wildman–Crippen MR) is 96.1 cm³/mol. The SMILES string of the molecule is Cc1cccn2cc(COC(=O)C(C)N3C(=O)c4ccccc4C3=O)nc12. The van der Waals surface area contributed by atoms with Crippen LogP contribution in [0.1, 0.15) is 38.9 Å². The largest absolute Gasteiger partial charge is 0.458 e. The summed E-state index contributed by atoms with van der Waals surface area (Å²) in [5.41, 5.74) is 2.99. The minimum absolute atomic E-state index is 0.0343. The second-order valence-corrected chi connectivity index (χ2v) is 6.46. The first-order valence-electron chi connectivity index (χ1n) is 8.54. The van der Waals surface area contributed by atoms with Crippen LogP contribution >= 0.6 is 0 Å². The van der Waals surface area contributed by atoms with E-state index in [1.165, 1.54) is 6.92 Å². The van der Waals surface area contributed by atoms with E-state index in [1.807, 2.05) is 29.7 Å². The molecule has 3 aromatic rings. The third-order valence-electron chi connectivity index (χ3n) is 4.64. The molecule has 0 saturated heterocycles. The van der Waals surface area contributed by atoms with Crippen molar-refractivity contribution in [1.29, 1.82) is 0 Å². The van der Waals surface area contributed by atoms with Gasteiger partial charge in [-0.2, -0.15) is 0 Å². The monoisotopic (exact) mass is 363 g/mol. The summed E-state index contributed by atoms with van der Waals surface area (Å²) in [6.45, 7) is 3.40. The Balaban J connectivity index is 1.47. The lowest BCUT2D eigenvalue weighted by molar-refractivity contribution is -0.149. The normalized spacial score (nSPS) is 14.5. The fraction of sp³-hybridized carbons (Fsp3) is 0.200. The topological polar surface area (TPSA) is 81.0 Å². The number of fused-ring (bicyclic) bond motifs is 2. The van der Waals surface area contributed by atoms with E-state index in [1.54, 1.807) is 30.5 Å². The molecule has 1 unspecified atom stereocenters. The molecule has 7 nitrogen and oxygen atoms in total. The molecule has 0 N–H and O–H groups in total. The van der Waals surface area contributed by atoms with Crippen molar-refractivity contribution in [3.8, 4) is 0 Å². The number of benzene rings is 1. The first kappa shape index (κ1) is 17.0. The fourth-order valence-electron chi connectivity index (χ4n) is 3.20. The molecule has 0 bridgehead atoms. The molecule has 2 aromatic heterocycles. The average molecular weight is 363 g/mol. The maximum Gasteiger partial charge on any atom is 0.329 e. The standard InChI is InChI=1S/C20H17N3O4/c1-12-6-5-9-22-10-14(21-17(12)22)11-27-20(26)13(2)23-18(24)15-7-3-4-8-16(15)19(23)25/h3-10,13H,11H2,1-2H3. The van der Waals surface area contributed by atoms with E-state index in [9.17, 15) is 14.4 Å². The minimum atomic E-state index is -1.02. The zero-order valence-electron chi connectivity index (χ0n) is 14.9. The number of esters is 1. The van der Waals surface area contributed by atoms with Crippen LogP contribution in [0.3, 0.4) is 0 Å². The zero-order valence-corrected chi connectivity index (χ0v) is 14.9. The summed E-state index contributed by atoms with van der Waals surface area (Å²) in [4.78, 5) is 42.7. The van der Waals surface area contributed by atoms with Gasteiger partial charge in [0.15, 0.2) is 0 Å². The van der Waals surface area contributed by atoms with Gasteiger partial charge in [-0.25, -0.2) is 9.78 Å². The Labute approximate surface area is 155 Å². The van der Waals surface area contributed by atoms with E-state index in [-0.39, 0.29) is 6.61 Å². The number of pyridine rings is 1. The highest BCUT2D eigenvalue weighted by atomic mass is 16.5. The van der Waals surface area contributed by atoms with Crippen molar-refractivity contribution in [3.05, 3.63) is 71.2 Å². The van der Waals surface area contributed by atoms with E-state index in [0.717, 1.165) is 16.1 Å². The van der Waals surface area contributed by atoms with Crippen LogP contribution in [-0.2, 0) is 16.1 Å². The van der Waals surface area contributed by atoms with Gasteiger partial charge >= 0.3 is 5.97 Å².